The summed E-state index contributed by atoms with van der Waals surface area (Å²) in [5, 5.41) is 4.01. The fourth-order valence-corrected chi connectivity index (χ4v) is 1.87. The quantitative estimate of drug-likeness (QED) is 0.733. The minimum atomic E-state index is -0.0348. The Morgan fingerprint density at radius 2 is 2.13 bits per heavy atom. The van der Waals surface area contributed by atoms with E-state index in [1.165, 1.54) is 12.3 Å². The first-order valence-corrected chi connectivity index (χ1v) is 4.94. The van der Waals surface area contributed by atoms with Crippen LogP contribution in [0.3, 0.4) is 0 Å². The molecule has 0 aliphatic carbocycles. The lowest BCUT2D eigenvalue weighted by molar-refractivity contribution is -0.114. The largest absolute Gasteiger partial charge is 0.361 e. The van der Waals surface area contributed by atoms with E-state index in [1.54, 1.807) is 0 Å². The molecule has 0 aliphatic heterocycles. The van der Waals surface area contributed by atoms with E-state index in [0.717, 1.165) is 22.3 Å². The zero-order chi connectivity index (χ0) is 11.0. The van der Waals surface area contributed by atoms with Gasteiger partial charge in [0.15, 0.2) is 0 Å². The van der Waals surface area contributed by atoms with Crippen molar-refractivity contribution in [3.63, 3.8) is 0 Å². The topological polar surface area (TPSA) is 44.9 Å². The van der Waals surface area contributed by atoms with Crippen molar-refractivity contribution in [3.05, 3.63) is 29.5 Å². The van der Waals surface area contributed by atoms with Crippen LogP contribution >= 0.6 is 0 Å². The second-order valence-corrected chi connectivity index (χ2v) is 3.81. The molecule has 0 saturated heterocycles. The number of nitrogens with one attached hydrogen (secondary N) is 2. The van der Waals surface area contributed by atoms with Gasteiger partial charge in [-0.2, -0.15) is 0 Å². The Labute approximate surface area is 88.5 Å². The zero-order valence-corrected chi connectivity index (χ0v) is 9.14. The minimum Gasteiger partial charge on any atom is -0.361 e. The van der Waals surface area contributed by atoms with Gasteiger partial charge in [0, 0.05) is 29.7 Å². The van der Waals surface area contributed by atoms with Gasteiger partial charge < -0.3 is 10.3 Å². The van der Waals surface area contributed by atoms with E-state index in [9.17, 15) is 4.79 Å². The third kappa shape index (κ3) is 1.61. The average Bonchev–Trinajstić information content (AvgIpc) is 2.61. The van der Waals surface area contributed by atoms with E-state index >= 15 is 0 Å². The first kappa shape index (κ1) is 9.77. The molecule has 0 bridgehead atoms. The number of hydrogen-bond donors (Lipinski definition) is 2. The summed E-state index contributed by atoms with van der Waals surface area (Å²) in [6.07, 6.45) is 1.92. The third-order valence-corrected chi connectivity index (χ3v) is 2.62. The highest BCUT2D eigenvalue weighted by atomic mass is 16.1. The van der Waals surface area contributed by atoms with Crippen LogP contribution in [0.1, 0.15) is 18.1 Å². The summed E-state index contributed by atoms with van der Waals surface area (Å²) in [5.41, 5.74) is 4.28. The third-order valence-electron chi connectivity index (χ3n) is 2.62. The molecule has 2 rings (SSSR count). The fourth-order valence-electron chi connectivity index (χ4n) is 1.87. The Hall–Kier alpha value is -1.77. The zero-order valence-electron chi connectivity index (χ0n) is 9.14. The maximum absolute atomic E-state index is 11.0. The van der Waals surface area contributed by atoms with Crippen LogP contribution < -0.4 is 5.32 Å². The molecule has 2 aromatic rings. The standard InChI is InChI=1S/C12H14N2O/c1-7-6-11(14-9(3)15)8(2)10-4-5-13-12(7)10/h4-6,13H,1-3H3,(H,14,15). The predicted octanol–water partition coefficient (Wildman–Crippen LogP) is 2.74. The molecule has 3 heteroatoms. The van der Waals surface area contributed by atoms with Gasteiger partial charge in [-0.1, -0.05) is 0 Å². The number of aromatic amines is 1. The molecule has 0 saturated carbocycles. The van der Waals surface area contributed by atoms with Crippen molar-refractivity contribution in [2.24, 2.45) is 0 Å². The van der Waals surface area contributed by atoms with Crippen LogP contribution in [0.15, 0.2) is 18.3 Å². The lowest BCUT2D eigenvalue weighted by Crippen LogP contribution is -2.07. The molecule has 3 nitrogen and oxygen atoms in total. The summed E-state index contributed by atoms with van der Waals surface area (Å²) in [5.74, 6) is -0.0348. The first-order chi connectivity index (χ1) is 7.09. The van der Waals surface area contributed by atoms with Gasteiger partial charge in [0.05, 0.1) is 0 Å². The Morgan fingerprint density at radius 3 is 2.80 bits per heavy atom. The number of H-pyrrole nitrogens is 1. The van der Waals surface area contributed by atoms with E-state index in [4.69, 9.17) is 0 Å². The Morgan fingerprint density at radius 1 is 1.40 bits per heavy atom. The van der Waals surface area contributed by atoms with Gasteiger partial charge in [0.2, 0.25) is 5.91 Å². The van der Waals surface area contributed by atoms with Gasteiger partial charge >= 0.3 is 0 Å². The molecule has 15 heavy (non-hydrogen) atoms. The molecule has 1 aromatic carbocycles. The van der Waals surface area contributed by atoms with Crippen molar-refractivity contribution in [2.75, 3.05) is 5.32 Å². The summed E-state index contributed by atoms with van der Waals surface area (Å²) in [6, 6.07) is 4.03. The van der Waals surface area contributed by atoms with Gasteiger partial charge in [-0.05, 0) is 37.1 Å². The molecule has 0 atom stereocenters. The number of anilines is 1. The SMILES string of the molecule is CC(=O)Nc1cc(C)c2[nH]ccc2c1C. The summed E-state index contributed by atoms with van der Waals surface area (Å²) < 4.78 is 0. The van der Waals surface area contributed by atoms with Crippen LogP contribution in [0.2, 0.25) is 0 Å². The number of rotatable bonds is 1. The number of benzene rings is 1. The van der Waals surface area contributed by atoms with E-state index in [1.807, 2.05) is 32.2 Å². The molecular formula is C12H14N2O. The number of carbonyl (C=O) groups is 1. The van der Waals surface area contributed by atoms with Crippen molar-refractivity contribution in [2.45, 2.75) is 20.8 Å². The fraction of sp³-hybridized carbons (Fsp3) is 0.250. The van der Waals surface area contributed by atoms with Crippen LogP contribution in [-0.4, -0.2) is 10.9 Å². The lowest BCUT2D eigenvalue weighted by Gasteiger charge is -2.09. The number of amides is 1. The second-order valence-electron chi connectivity index (χ2n) is 3.81. The van der Waals surface area contributed by atoms with Crippen LogP contribution in [-0.2, 0) is 4.79 Å². The first-order valence-electron chi connectivity index (χ1n) is 4.94. The summed E-state index contributed by atoms with van der Waals surface area (Å²) in [4.78, 5) is 14.2. The Balaban J connectivity index is 2.65. The monoisotopic (exact) mass is 202 g/mol. The Bertz CT molecular complexity index is 526. The number of aromatic nitrogens is 1. The molecule has 0 spiro atoms. The van der Waals surface area contributed by atoms with Gasteiger partial charge in [0.1, 0.15) is 0 Å². The normalized spacial score (nSPS) is 10.6. The number of carbonyl (C=O) groups excluding carboxylic acids is 1. The maximum atomic E-state index is 11.0. The minimum absolute atomic E-state index is 0.0348. The van der Waals surface area contributed by atoms with Gasteiger partial charge in [-0.25, -0.2) is 0 Å². The number of fused-ring (bicyclic) bond motifs is 1. The molecule has 0 aliphatic rings. The van der Waals surface area contributed by atoms with Crippen molar-refractivity contribution in [3.8, 4) is 0 Å². The average molecular weight is 202 g/mol. The van der Waals surface area contributed by atoms with E-state index in [2.05, 4.69) is 10.3 Å². The molecule has 0 fully saturated rings. The summed E-state index contributed by atoms with van der Waals surface area (Å²) in [7, 11) is 0. The number of aryl methyl sites for hydroxylation is 2. The number of hydrogen-bond acceptors (Lipinski definition) is 1. The molecule has 0 unspecified atom stereocenters. The van der Waals surface area contributed by atoms with E-state index in [0.29, 0.717) is 0 Å². The van der Waals surface area contributed by atoms with Gasteiger partial charge in [-0.3, -0.25) is 4.79 Å². The van der Waals surface area contributed by atoms with Crippen molar-refractivity contribution in [1.29, 1.82) is 0 Å². The molecule has 1 aromatic heterocycles. The summed E-state index contributed by atoms with van der Waals surface area (Å²) >= 11 is 0. The van der Waals surface area contributed by atoms with Gasteiger partial charge in [-0.15, -0.1) is 0 Å². The van der Waals surface area contributed by atoms with Crippen LogP contribution in [0.4, 0.5) is 5.69 Å². The van der Waals surface area contributed by atoms with Crippen molar-refractivity contribution < 1.29 is 4.79 Å². The van der Waals surface area contributed by atoms with E-state index < -0.39 is 0 Å². The van der Waals surface area contributed by atoms with E-state index in [-0.39, 0.29) is 5.91 Å². The van der Waals surface area contributed by atoms with Crippen LogP contribution in [0.5, 0.6) is 0 Å². The predicted molar refractivity (Wildman–Crippen MR) is 62.1 cm³/mol. The van der Waals surface area contributed by atoms with Crippen molar-refractivity contribution in [1.82, 2.24) is 4.98 Å². The van der Waals surface area contributed by atoms with Crippen LogP contribution in [0, 0.1) is 13.8 Å². The lowest BCUT2D eigenvalue weighted by atomic mass is 10.1. The molecule has 0 radical (unpaired) electrons. The molecule has 1 heterocycles. The maximum Gasteiger partial charge on any atom is 0.221 e. The van der Waals surface area contributed by atoms with Crippen molar-refractivity contribution >= 4 is 22.5 Å². The van der Waals surface area contributed by atoms with Crippen LogP contribution in [0.25, 0.3) is 10.9 Å². The summed E-state index contributed by atoms with van der Waals surface area (Å²) in [6.45, 7) is 5.57. The molecule has 1 amide bonds. The highest BCUT2D eigenvalue weighted by Crippen LogP contribution is 2.27. The Kier molecular flexibility index (Phi) is 2.23. The molecular weight excluding hydrogens is 188 g/mol. The molecule has 78 valence electrons. The highest BCUT2D eigenvalue weighted by Gasteiger charge is 2.08. The second kappa shape index (κ2) is 3.42. The van der Waals surface area contributed by atoms with Gasteiger partial charge in [0.25, 0.3) is 0 Å². The molecule has 2 N–H and O–H groups in total. The smallest absolute Gasteiger partial charge is 0.221 e. The highest BCUT2D eigenvalue weighted by molar-refractivity contribution is 5.96.